The number of halogens is 1. The van der Waals surface area contributed by atoms with Gasteiger partial charge in [0.25, 0.3) is 0 Å². The Bertz CT molecular complexity index is 584. The molecule has 2 nitrogen and oxygen atoms in total. The fraction of sp³-hybridized carbons (Fsp3) is 0.294. The van der Waals surface area contributed by atoms with Gasteiger partial charge in [0.1, 0.15) is 5.75 Å². The molecule has 112 valence electrons. The molecule has 0 aliphatic rings. The Balaban J connectivity index is 1.88. The first-order valence-electron chi connectivity index (χ1n) is 6.78. The summed E-state index contributed by atoms with van der Waals surface area (Å²) in [5, 5.41) is 10.2. The highest BCUT2D eigenvalue weighted by Gasteiger charge is 2.08. The predicted octanol–water partition coefficient (Wildman–Crippen LogP) is 4.46. The molecule has 2 rings (SSSR count). The summed E-state index contributed by atoms with van der Waals surface area (Å²) in [7, 11) is 1.65. The lowest BCUT2D eigenvalue weighted by Gasteiger charge is -2.12. The maximum atomic E-state index is 10.2. The summed E-state index contributed by atoms with van der Waals surface area (Å²) in [5.41, 5.74) is 2.35. The van der Waals surface area contributed by atoms with Crippen LogP contribution in [0.1, 0.15) is 11.1 Å². The largest absolute Gasteiger partial charge is 0.496 e. The van der Waals surface area contributed by atoms with Gasteiger partial charge in [-0.25, -0.2) is 0 Å². The minimum atomic E-state index is -0.364. The van der Waals surface area contributed by atoms with Gasteiger partial charge in [-0.2, -0.15) is 0 Å². The Morgan fingerprint density at radius 3 is 2.52 bits per heavy atom. The maximum absolute atomic E-state index is 10.2. The Labute approximate surface area is 138 Å². The number of benzene rings is 2. The third kappa shape index (κ3) is 5.06. The molecular weight excluding hydrogens is 348 g/mol. The summed E-state index contributed by atoms with van der Waals surface area (Å²) >= 11 is 5.15. The van der Waals surface area contributed by atoms with E-state index in [0.29, 0.717) is 12.2 Å². The fourth-order valence-corrected chi connectivity index (χ4v) is 3.41. The van der Waals surface area contributed by atoms with Crippen molar-refractivity contribution < 1.29 is 9.84 Å². The summed E-state index contributed by atoms with van der Waals surface area (Å²) < 4.78 is 6.12. The topological polar surface area (TPSA) is 29.5 Å². The predicted molar refractivity (Wildman–Crippen MR) is 92.3 cm³/mol. The molecule has 2 aromatic carbocycles. The minimum absolute atomic E-state index is 0.364. The van der Waals surface area contributed by atoms with Gasteiger partial charge in [0, 0.05) is 10.6 Å². The molecule has 4 heteroatoms. The molecule has 21 heavy (non-hydrogen) atoms. The number of hydrogen-bond donors (Lipinski definition) is 1. The number of hydrogen-bond acceptors (Lipinski definition) is 3. The van der Waals surface area contributed by atoms with Crippen molar-refractivity contribution in [2.75, 3.05) is 12.9 Å². The number of thioether (sulfide) groups is 1. The highest BCUT2D eigenvalue weighted by molar-refractivity contribution is 9.10. The van der Waals surface area contributed by atoms with Gasteiger partial charge < -0.3 is 9.84 Å². The summed E-state index contributed by atoms with van der Waals surface area (Å²) in [6.07, 6.45) is 0.276. The van der Waals surface area contributed by atoms with E-state index in [0.717, 1.165) is 15.8 Å². The van der Waals surface area contributed by atoms with Crippen LogP contribution < -0.4 is 4.74 Å². The fourth-order valence-electron chi connectivity index (χ4n) is 1.99. The Hall–Kier alpha value is -0.970. The third-order valence-corrected chi connectivity index (χ3v) is 4.93. The van der Waals surface area contributed by atoms with Crippen molar-refractivity contribution in [3.8, 4) is 5.75 Å². The van der Waals surface area contributed by atoms with E-state index in [-0.39, 0.29) is 6.10 Å². The monoisotopic (exact) mass is 366 g/mol. The Kier molecular flexibility index (Phi) is 6.15. The lowest BCUT2D eigenvalue weighted by molar-refractivity contribution is 0.200. The van der Waals surface area contributed by atoms with E-state index in [4.69, 9.17) is 4.74 Å². The van der Waals surface area contributed by atoms with Crippen LogP contribution in [0, 0.1) is 6.92 Å². The molecule has 0 aliphatic carbocycles. The molecule has 0 saturated carbocycles. The van der Waals surface area contributed by atoms with Crippen LogP contribution in [0.4, 0.5) is 0 Å². The first-order chi connectivity index (χ1) is 10.1. The van der Waals surface area contributed by atoms with Crippen LogP contribution in [-0.2, 0) is 6.42 Å². The summed E-state index contributed by atoms with van der Waals surface area (Å²) in [6, 6.07) is 14.3. The molecule has 1 N–H and O–H groups in total. The van der Waals surface area contributed by atoms with E-state index in [9.17, 15) is 5.11 Å². The lowest BCUT2D eigenvalue weighted by Crippen LogP contribution is -2.13. The van der Waals surface area contributed by atoms with E-state index in [1.54, 1.807) is 18.9 Å². The quantitative estimate of drug-likeness (QED) is 0.765. The standard InChI is InChI=1S/C17H19BrO2S/c1-12-3-6-15(7-4-12)21-11-14(19)9-13-5-8-17(20-2)16(18)10-13/h3-8,10,14,19H,9,11H2,1-2H3. The van der Waals surface area contributed by atoms with Crippen molar-refractivity contribution in [2.24, 2.45) is 0 Å². The normalized spacial score (nSPS) is 12.2. The molecule has 0 aliphatic heterocycles. The van der Waals surface area contributed by atoms with Crippen LogP contribution in [0.2, 0.25) is 0 Å². The van der Waals surface area contributed by atoms with E-state index in [1.165, 1.54) is 10.5 Å². The molecule has 1 atom stereocenters. The molecule has 2 aromatic rings. The smallest absolute Gasteiger partial charge is 0.133 e. The van der Waals surface area contributed by atoms with Gasteiger partial charge in [0.2, 0.25) is 0 Å². The zero-order chi connectivity index (χ0) is 15.2. The SMILES string of the molecule is COc1ccc(CC(O)CSc2ccc(C)cc2)cc1Br. The van der Waals surface area contributed by atoms with Gasteiger partial charge in [-0.15, -0.1) is 11.8 Å². The number of ether oxygens (including phenoxy) is 1. The number of aliphatic hydroxyl groups excluding tert-OH is 1. The first kappa shape index (κ1) is 16.4. The van der Waals surface area contributed by atoms with Gasteiger partial charge in [-0.3, -0.25) is 0 Å². The van der Waals surface area contributed by atoms with Crippen molar-refractivity contribution in [2.45, 2.75) is 24.3 Å². The van der Waals surface area contributed by atoms with Gasteiger partial charge >= 0.3 is 0 Å². The van der Waals surface area contributed by atoms with E-state index >= 15 is 0 Å². The maximum Gasteiger partial charge on any atom is 0.133 e. The van der Waals surface area contributed by atoms with Crippen LogP contribution in [0.5, 0.6) is 5.75 Å². The van der Waals surface area contributed by atoms with Crippen molar-refractivity contribution in [1.82, 2.24) is 0 Å². The molecule has 0 fully saturated rings. The second-order valence-electron chi connectivity index (χ2n) is 4.95. The molecule has 1 unspecified atom stereocenters. The number of methoxy groups -OCH3 is 1. The first-order valence-corrected chi connectivity index (χ1v) is 8.56. The summed E-state index contributed by atoms with van der Waals surface area (Å²) in [6.45, 7) is 2.07. The van der Waals surface area contributed by atoms with E-state index < -0.39 is 0 Å². The summed E-state index contributed by atoms with van der Waals surface area (Å²) in [4.78, 5) is 1.19. The second-order valence-corrected chi connectivity index (χ2v) is 6.90. The lowest BCUT2D eigenvalue weighted by atomic mass is 10.1. The zero-order valence-electron chi connectivity index (χ0n) is 12.2. The van der Waals surface area contributed by atoms with Crippen LogP contribution in [0.3, 0.4) is 0 Å². The third-order valence-electron chi connectivity index (χ3n) is 3.15. The molecule has 0 saturated heterocycles. The molecule has 0 bridgehead atoms. The summed E-state index contributed by atoms with van der Waals surface area (Å²) in [5.74, 6) is 1.49. The number of rotatable bonds is 6. The molecule has 0 radical (unpaired) electrons. The van der Waals surface area contributed by atoms with Crippen LogP contribution in [-0.4, -0.2) is 24.1 Å². The average molecular weight is 367 g/mol. The van der Waals surface area contributed by atoms with Gasteiger partial charge in [-0.05, 0) is 59.1 Å². The second kappa shape index (κ2) is 7.87. The van der Waals surface area contributed by atoms with Gasteiger partial charge in [-0.1, -0.05) is 23.8 Å². The van der Waals surface area contributed by atoms with Crippen LogP contribution in [0.15, 0.2) is 51.8 Å². The highest BCUT2D eigenvalue weighted by atomic mass is 79.9. The van der Waals surface area contributed by atoms with Gasteiger partial charge in [0.05, 0.1) is 17.7 Å². The Morgan fingerprint density at radius 2 is 1.90 bits per heavy atom. The number of aliphatic hydroxyl groups is 1. The van der Waals surface area contributed by atoms with Crippen molar-refractivity contribution in [1.29, 1.82) is 0 Å². The minimum Gasteiger partial charge on any atom is -0.496 e. The zero-order valence-corrected chi connectivity index (χ0v) is 14.6. The van der Waals surface area contributed by atoms with Gasteiger partial charge in [0.15, 0.2) is 0 Å². The van der Waals surface area contributed by atoms with E-state index in [2.05, 4.69) is 47.1 Å². The molecule has 0 spiro atoms. The van der Waals surface area contributed by atoms with Crippen LogP contribution in [0.25, 0.3) is 0 Å². The molecular formula is C17H19BrO2S. The molecule has 0 aromatic heterocycles. The van der Waals surface area contributed by atoms with Crippen molar-refractivity contribution in [3.05, 3.63) is 58.1 Å². The Morgan fingerprint density at radius 1 is 1.19 bits per heavy atom. The molecule has 0 heterocycles. The van der Waals surface area contributed by atoms with E-state index in [1.807, 2.05) is 18.2 Å². The van der Waals surface area contributed by atoms with Crippen molar-refractivity contribution in [3.63, 3.8) is 0 Å². The molecule has 0 amide bonds. The van der Waals surface area contributed by atoms with Crippen LogP contribution >= 0.6 is 27.7 Å². The average Bonchev–Trinajstić information content (AvgIpc) is 2.47. The highest BCUT2D eigenvalue weighted by Crippen LogP contribution is 2.26. The number of aryl methyl sites for hydroxylation is 1. The van der Waals surface area contributed by atoms with Crippen molar-refractivity contribution >= 4 is 27.7 Å².